The molecule has 0 bridgehead atoms. The van der Waals surface area contributed by atoms with Gasteiger partial charge in [-0.15, -0.1) is 0 Å². The van der Waals surface area contributed by atoms with Crippen molar-refractivity contribution in [3.05, 3.63) is 29.8 Å². The summed E-state index contributed by atoms with van der Waals surface area (Å²) in [4.78, 5) is 28.7. The summed E-state index contributed by atoms with van der Waals surface area (Å²) in [6.07, 6.45) is 1.47. The van der Waals surface area contributed by atoms with Gasteiger partial charge in [0.2, 0.25) is 11.8 Å². The van der Waals surface area contributed by atoms with Gasteiger partial charge in [0.15, 0.2) is 0 Å². The number of likely N-dealkylation sites (tertiary alicyclic amines) is 1. The molecule has 0 spiro atoms. The van der Waals surface area contributed by atoms with Crippen molar-refractivity contribution in [3.63, 3.8) is 0 Å². The Morgan fingerprint density at radius 2 is 1.76 bits per heavy atom. The lowest BCUT2D eigenvalue weighted by Crippen LogP contribution is -2.40. The number of rotatable bonds is 4. The predicted molar refractivity (Wildman–Crippen MR) is 97.4 cm³/mol. The zero-order valence-corrected chi connectivity index (χ0v) is 15.1. The predicted octanol–water partition coefficient (Wildman–Crippen LogP) is 2.54. The molecule has 0 unspecified atom stereocenters. The van der Waals surface area contributed by atoms with Crippen molar-refractivity contribution >= 4 is 17.5 Å². The summed E-state index contributed by atoms with van der Waals surface area (Å²) in [6.45, 7) is 6.26. The van der Waals surface area contributed by atoms with Crippen LogP contribution in [0.5, 0.6) is 0 Å². The Morgan fingerprint density at radius 1 is 1.12 bits per heavy atom. The minimum Gasteiger partial charge on any atom is -0.393 e. The molecule has 2 aliphatic rings. The molecule has 1 aromatic rings. The zero-order chi connectivity index (χ0) is 18.0. The third-order valence-corrected chi connectivity index (χ3v) is 5.48. The second-order valence-corrected chi connectivity index (χ2v) is 7.53. The van der Waals surface area contributed by atoms with E-state index in [1.807, 2.05) is 23.1 Å². The van der Waals surface area contributed by atoms with E-state index in [0.717, 1.165) is 5.69 Å². The van der Waals surface area contributed by atoms with Crippen LogP contribution >= 0.6 is 0 Å². The van der Waals surface area contributed by atoms with E-state index in [2.05, 4.69) is 19.9 Å². The van der Waals surface area contributed by atoms with Gasteiger partial charge >= 0.3 is 0 Å². The Bertz CT molecular complexity index is 636. The number of hydrogen-bond donors (Lipinski definition) is 1. The van der Waals surface area contributed by atoms with Gasteiger partial charge in [-0.2, -0.15) is 0 Å². The molecule has 2 amide bonds. The fourth-order valence-corrected chi connectivity index (χ4v) is 3.87. The SMILES string of the molecule is CC(C)[C@@H]1CN(C(=O)CCC(=O)N2CCC(O)CC2)c2ccccc21. The van der Waals surface area contributed by atoms with Crippen LogP contribution in [0.25, 0.3) is 0 Å². The molecule has 1 atom stereocenters. The fraction of sp³-hybridized carbons (Fsp3) is 0.600. The van der Waals surface area contributed by atoms with Crippen LogP contribution in [0, 0.1) is 5.92 Å². The normalized spacial score (nSPS) is 20.9. The summed E-state index contributed by atoms with van der Waals surface area (Å²) in [7, 11) is 0. The standard InChI is InChI=1S/C20H28N2O3/c1-14(2)17-13-22(18-6-4-3-5-16(17)18)20(25)8-7-19(24)21-11-9-15(23)10-12-21/h3-6,14-15,17,23H,7-13H2,1-2H3/t17-/m0/s1. The van der Waals surface area contributed by atoms with Crippen molar-refractivity contribution in [2.24, 2.45) is 5.92 Å². The number of piperidine rings is 1. The van der Waals surface area contributed by atoms with Crippen molar-refractivity contribution < 1.29 is 14.7 Å². The first-order valence-electron chi connectivity index (χ1n) is 9.32. The van der Waals surface area contributed by atoms with Gasteiger partial charge in [0, 0.05) is 44.1 Å². The first-order chi connectivity index (χ1) is 12.0. The average Bonchev–Trinajstić information content (AvgIpc) is 3.00. The minimum atomic E-state index is -0.292. The number of aliphatic hydroxyl groups is 1. The van der Waals surface area contributed by atoms with Gasteiger partial charge in [-0.05, 0) is 30.4 Å². The van der Waals surface area contributed by atoms with Crippen LogP contribution < -0.4 is 4.90 Å². The molecule has 5 heteroatoms. The molecule has 5 nitrogen and oxygen atoms in total. The van der Waals surface area contributed by atoms with Gasteiger partial charge in [0.1, 0.15) is 0 Å². The van der Waals surface area contributed by atoms with Crippen LogP contribution in [0.2, 0.25) is 0 Å². The van der Waals surface area contributed by atoms with Crippen molar-refractivity contribution in [1.82, 2.24) is 4.90 Å². The van der Waals surface area contributed by atoms with E-state index in [1.165, 1.54) is 5.56 Å². The molecule has 0 aromatic heterocycles. The highest BCUT2D eigenvalue weighted by Gasteiger charge is 2.33. The van der Waals surface area contributed by atoms with Crippen molar-refractivity contribution in [2.75, 3.05) is 24.5 Å². The van der Waals surface area contributed by atoms with Gasteiger partial charge in [-0.25, -0.2) is 0 Å². The molecule has 136 valence electrons. The van der Waals surface area contributed by atoms with E-state index in [0.29, 0.717) is 44.3 Å². The van der Waals surface area contributed by atoms with E-state index in [9.17, 15) is 14.7 Å². The summed E-state index contributed by atoms with van der Waals surface area (Å²) in [5.74, 6) is 0.883. The smallest absolute Gasteiger partial charge is 0.227 e. The molecule has 25 heavy (non-hydrogen) atoms. The number of aliphatic hydroxyl groups excluding tert-OH is 1. The molecule has 1 N–H and O–H groups in total. The highest BCUT2D eigenvalue weighted by molar-refractivity contribution is 5.97. The average molecular weight is 344 g/mol. The van der Waals surface area contributed by atoms with Gasteiger partial charge in [-0.1, -0.05) is 32.0 Å². The second kappa shape index (κ2) is 7.56. The Kier molecular flexibility index (Phi) is 5.42. The Hall–Kier alpha value is -1.88. The van der Waals surface area contributed by atoms with Gasteiger partial charge in [-0.3, -0.25) is 9.59 Å². The molecule has 0 aliphatic carbocycles. The highest BCUT2D eigenvalue weighted by Crippen LogP contribution is 2.40. The number of amides is 2. The molecule has 2 heterocycles. The molecule has 0 saturated carbocycles. The number of nitrogens with zero attached hydrogens (tertiary/aromatic N) is 2. The molecule has 2 aliphatic heterocycles. The Balaban J connectivity index is 1.59. The number of para-hydroxylation sites is 1. The lowest BCUT2D eigenvalue weighted by molar-refractivity contribution is -0.134. The number of fused-ring (bicyclic) bond motifs is 1. The molecule has 0 radical (unpaired) electrons. The van der Waals surface area contributed by atoms with E-state index >= 15 is 0 Å². The molecule has 1 fully saturated rings. The summed E-state index contributed by atoms with van der Waals surface area (Å²) in [5, 5.41) is 9.53. The number of hydrogen-bond acceptors (Lipinski definition) is 3. The van der Waals surface area contributed by atoms with Crippen LogP contribution in [-0.4, -0.2) is 47.6 Å². The number of carbonyl (C=O) groups is 2. The van der Waals surface area contributed by atoms with E-state index in [1.54, 1.807) is 4.90 Å². The third-order valence-electron chi connectivity index (χ3n) is 5.48. The number of anilines is 1. The first kappa shape index (κ1) is 17.9. The molecule has 1 aromatic carbocycles. The third kappa shape index (κ3) is 3.87. The molecule has 1 saturated heterocycles. The Labute approximate surface area is 149 Å². The van der Waals surface area contributed by atoms with E-state index in [4.69, 9.17) is 0 Å². The van der Waals surface area contributed by atoms with Crippen molar-refractivity contribution in [1.29, 1.82) is 0 Å². The summed E-state index contributed by atoms with van der Waals surface area (Å²) in [6, 6.07) is 8.10. The minimum absolute atomic E-state index is 0.0214. The maximum atomic E-state index is 12.7. The van der Waals surface area contributed by atoms with Crippen LogP contribution in [0.15, 0.2) is 24.3 Å². The maximum absolute atomic E-state index is 12.7. The second-order valence-electron chi connectivity index (χ2n) is 7.53. The van der Waals surface area contributed by atoms with Gasteiger partial charge in [0.05, 0.1) is 6.10 Å². The summed E-state index contributed by atoms with van der Waals surface area (Å²) >= 11 is 0. The summed E-state index contributed by atoms with van der Waals surface area (Å²) < 4.78 is 0. The molecular weight excluding hydrogens is 316 g/mol. The van der Waals surface area contributed by atoms with Crippen LogP contribution in [0.1, 0.15) is 51.0 Å². The van der Waals surface area contributed by atoms with Crippen LogP contribution in [0.3, 0.4) is 0 Å². The zero-order valence-electron chi connectivity index (χ0n) is 15.1. The topological polar surface area (TPSA) is 60.9 Å². The monoisotopic (exact) mass is 344 g/mol. The van der Waals surface area contributed by atoms with Crippen molar-refractivity contribution in [3.8, 4) is 0 Å². The van der Waals surface area contributed by atoms with E-state index in [-0.39, 0.29) is 30.8 Å². The number of benzene rings is 1. The Morgan fingerprint density at radius 3 is 2.44 bits per heavy atom. The fourth-order valence-electron chi connectivity index (χ4n) is 3.87. The lowest BCUT2D eigenvalue weighted by Gasteiger charge is -2.29. The number of carbonyl (C=O) groups excluding carboxylic acids is 2. The van der Waals surface area contributed by atoms with Gasteiger partial charge < -0.3 is 14.9 Å². The highest BCUT2D eigenvalue weighted by atomic mass is 16.3. The first-order valence-corrected chi connectivity index (χ1v) is 9.32. The maximum Gasteiger partial charge on any atom is 0.227 e. The van der Waals surface area contributed by atoms with Crippen molar-refractivity contribution in [2.45, 2.75) is 51.6 Å². The quantitative estimate of drug-likeness (QED) is 0.913. The molecular formula is C20H28N2O3. The van der Waals surface area contributed by atoms with Crippen LogP contribution in [-0.2, 0) is 9.59 Å². The van der Waals surface area contributed by atoms with Gasteiger partial charge in [0.25, 0.3) is 0 Å². The summed E-state index contributed by atoms with van der Waals surface area (Å²) in [5.41, 5.74) is 2.24. The molecule has 3 rings (SSSR count). The lowest BCUT2D eigenvalue weighted by atomic mass is 9.90. The largest absolute Gasteiger partial charge is 0.393 e. The van der Waals surface area contributed by atoms with Crippen LogP contribution in [0.4, 0.5) is 5.69 Å². The van der Waals surface area contributed by atoms with E-state index < -0.39 is 0 Å².